The summed E-state index contributed by atoms with van der Waals surface area (Å²) >= 11 is 6.34. The van der Waals surface area contributed by atoms with Gasteiger partial charge in [0.1, 0.15) is 11.9 Å². The highest BCUT2D eigenvalue weighted by atomic mass is 35.5. The highest BCUT2D eigenvalue weighted by molar-refractivity contribution is 6.34. The van der Waals surface area contributed by atoms with Crippen molar-refractivity contribution in [2.75, 3.05) is 4.90 Å². The molecular formula is C25H22ClFN2O3. The van der Waals surface area contributed by atoms with Crippen LogP contribution in [0.1, 0.15) is 36.2 Å². The minimum Gasteiger partial charge on any atom is -0.352 e. The van der Waals surface area contributed by atoms with Gasteiger partial charge < -0.3 is 4.90 Å². The number of imide groups is 1. The highest BCUT2D eigenvalue weighted by Gasteiger charge is 2.64. The Labute approximate surface area is 190 Å². The molecule has 0 unspecified atom stereocenters. The highest BCUT2D eigenvalue weighted by Crippen LogP contribution is 2.49. The van der Waals surface area contributed by atoms with Crippen LogP contribution in [0.5, 0.6) is 0 Å². The fourth-order valence-corrected chi connectivity index (χ4v) is 5.53. The van der Waals surface area contributed by atoms with E-state index in [1.54, 1.807) is 36.4 Å². The molecule has 0 radical (unpaired) electrons. The third-order valence-corrected chi connectivity index (χ3v) is 7.27. The fraction of sp³-hybridized carbons (Fsp3) is 0.320. The first kappa shape index (κ1) is 20.9. The number of carbonyl (C=O) groups excluding carboxylic acids is 3. The van der Waals surface area contributed by atoms with E-state index >= 15 is 0 Å². The third-order valence-electron chi connectivity index (χ3n) is 6.94. The standard InChI is InChI=1S/C25H22ClFN2O3/c1-3-13(2)28-24(31)20-19-10-8-14-12-15(27)9-11-18(14)29(19)22(21(20)25(28)32)23(30)16-6-4-5-7-17(16)26/h4-13,19-22H,3H2,1-2H3/t13-,19-,20+,21+,22-/m0/s1. The van der Waals surface area contributed by atoms with Crippen LogP contribution in [-0.2, 0) is 9.59 Å². The van der Waals surface area contributed by atoms with Gasteiger partial charge in [-0.15, -0.1) is 0 Å². The molecule has 5 rings (SSSR count). The average molecular weight is 453 g/mol. The van der Waals surface area contributed by atoms with Crippen molar-refractivity contribution in [3.63, 3.8) is 0 Å². The van der Waals surface area contributed by atoms with E-state index in [2.05, 4.69) is 0 Å². The molecule has 5 atom stereocenters. The normalized spacial score (nSPS) is 26.8. The molecule has 164 valence electrons. The summed E-state index contributed by atoms with van der Waals surface area (Å²) in [5, 5.41) is 0.292. The summed E-state index contributed by atoms with van der Waals surface area (Å²) in [4.78, 5) is 44.0. The van der Waals surface area contributed by atoms with E-state index in [0.29, 0.717) is 28.3 Å². The molecular weight excluding hydrogens is 431 g/mol. The Morgan fingerprint density at radius 2 is 1.84 bits per heavy atom. The summed E-state index contributed by atoms with van der Waals surface area (Å²) in [5.41, 5.74) is 1.55. The number of nitrogens with zero attached hydrogens (tertiary/aromatic N) is 2. The number of likely N-dealkylation sites (tertiary alicyclic amines) is 1. The zero-order valence-corrected chi connectivity index (χ0v) is 18.4. The molecule has 0 N–H and O–H groups in total. The maximum absolute atomic E-state index is 13.9. The summed E-state index contributed by atoms with van der Waals surface area (Å²) in [7, 11) is 0. The summed E-state index contributed by atoms with van der Waals surface area (Å²) in [6, 6.07) is 9.40. The lowest BCUT2D eigenvalue weighted by molar-refractivity contribution is -0.142. The number of carbonyl (C=O) groups is 3. The van der Waals surface area contributed by atoms with Crippen LogP contribution >= 0.6 is 11.6 Å². The SMILES string of the molecule is CC[C@H](C)N1C(=O)[C@@H]2[C@H](C1=O)[C@@H]1C=Cc3cc(F)ccc3N1[C@@H]2C(=O)c1ccccc1Cl. The molecule has 2 aromatic carbocycles. The van der Waals surface area contributed by atoms with Crippen LogP contribution in [0, 0.1) is 17.7 Å². The number of rotatable bonds is 4. The lowest BCUT2D eigenvalue weighted by Crippen LogP contribution is -2.50. The summed E-state index contributed by atoms with van der Waals surface area (Å²) in [6.07, 6.45) is 4.21. The van der Waals surface area contributed by atoms with E-state index in [0.717, 1.165) is 0 Å². The van der Waals surface area contributed by atoms with Crippen molar-refractivity contribution >= 4 is 41.0 Å². The van der Waals surface area contributed by atoms with Crippen molar-refractivity contribution < 1.29 is 18.8 Å². The number of hydrogen-bond donors (Lipinski definition) is 0. The Kier molecular flexibility index (Phi) is 4.93. The lowest BCUT2D eigenvalue weighted by Gasteiger charge is -2.37. The molecule has 0 saturated carbocycles. The van der Waals surface area contributed by atoms with Gasteiger partial charge in [-0.2, -0.15) is 0 Å². The van der Waals surface area contributed by atoms with Gasteiger partial charge in [0, 0.05) is 22.9 Å². The molecule has 3 aliphatic heterocycles. The number of anilines is 1. The van der Waals surface area contributed by atoms with Gasteiger partial charge in [-0.05, 0) is 43.7 Å². The predicted octanol–water partition coefficient (Wildman–Crippen LogP) is 4.35. The predicted molar refractivity (Wildman–Crippen MR) is 120 cm³/mol. The van der Waals surface area contributed by atoms with Crippen LogP contribution in [0.4, 0.5) is 10.1 Å². The number of amides is 2. The van der Waals surface area contributed by atoms with Crippen molar-refractivity contribution in [3.8, 4) is 0 Å². The summed E-state index contributed by atoms with van der Waals surface area (Å²) in [5.74, 6) is -2.80. The molecule has 0 spiro atoms. The van der Waals surface area contributed by atoms with Crippen LogP contribution in [0.25, 0.3) is 6.08 Å². The van der Waals surface area contributed by atoms with Crippen LogP contribution in [0.15, 0.2) is 48.5 Å². The van der Waals surface area contributed by atoms with Crippen LogP contribution in [-0.4, -0.2) is 40.6 Å². The van der Waals surface area contributed by atoms with Crippen molar-refractivity contribution in [2.24, 2.45) is 11.8 Å². The van der Waals surface area contributed by atoms with E-state index in [9.17, 15) is 18.8 Å². The maximum atomic E-state index is 13.9. The van der Waals surface area contributed by atoms with E-state index in [1.807, 2.05) is 24.8 Å². The number of halogens is 2. The van der Waals surface area contributed by atoms with Gasteiger partial charge in [0.05, 0.1) is 22.9 Å². The monoisotopic (exact) mass is 452 g/mol. The second-order valence-electron chi connectivity index (χ2n) is 8.60. The van der Waals surface area contributed by atoms with Crippen molar-refractivity contribution in [2.45, 2.75) is 38.4 Å². The molecule has 5 nitrogen and oxygen atoms in total. The van der Waals surface area contributed by atoms with Crippen molar-refractivity contribution in [3.05, 3.63) is 70.5 Å². The Balaban J connectivity index is 1.68. The Hall–Kier alpha value is -2.99. The summed E-state index contributed by atoms with van der Waals surface area (Å²) in [6.45, 7) is 3.76. The third kappa shape index (κ3) is 2.85. The van der Waals surface area contributed by atoms with E-state index < -0.39 is 29.7 Å². The van der Waals surface area contributed by atoms with Crippen molar-refractivity contribution in [1.29, 1.82) is 0 Å². The molecule has 7 heteroatoms. The first-order valence-electron chi connectivity index (χ1n) is 10.8. The van der Waals surface area contributed by atoms with Crippen molar-refractivity contribution in [1.82, 2.24) is 4.90 Å². The van der Waals surface area contributed by atoms with Gasteiger partial charge in [0.25, 0.3) is 0 Å². The first-order chi connectivity index (χ1) is 15.3. The number of Topliss-reactive ketones (excluding diaryl/α,β-unsaturated/α-hetero) is 1. The van der Waals surface area contributed by atoms with Crippen LogP contribution in [0.2, 0.25) is 5.02 Å². The largest absolute Gasteiger partial charge is 0.352 e. The fourth-order valence-electron chi connectivity index (χ4n) is 5.30. The number of hydrogen-bond acceptors (Lipinski definition) is 4. The lowest BCUT2D eigenvalue weighted by atomic mass is 9.86. The average Bonchev–Trinajstić information content (AvgIpc) is 3.26. The smallest absolute Gasteiger partial charge is 0.236 e. The Morgan fingerprint density at radius 1 is 1.12 bits per heavy atom. The Morgan fingerprint density at radius 3 is 2.56 bits per heavy atom. The topological polar surface area (TPSA) is 57.7 Å². The van der Waals surface area contributed by atoms with E-state index in [-0.39, 0.29) is 23.6 Å². The molecule has 2 saturated heterocycles. The summed E-state index contributed by atoms with van der Waals surface area (Å²) < 4.78 is 13.9. The number of ketones is 1. The van der Waals surface area contributed by atoms with Gasteiger partial charge in [0.2, 0.25) is 11.8 Å². The molecule has 2 fully saturated rings. The van der Waals surface area contributed by atoms with Gasteiger partial charge in [-0.1, -0.05) is 42.8 Å². The van der Waals surface area contributed by atoms with Gasteiger partial charge >= 0.3 is 0 Å². The van der Waals surface area contributed by atoms with Crippen LogP contribution < -0.4 is 4.90 Å². The van der Waals surface area contributed by atoms with E-state index in [1.165, 1.54) is 17.0 Å². The minimum atomic E-state index is -0.912. The van der Waals surface area contributed by atoms with Crippen LogP contribution in [0.3, 0.4) is 0 Å². The van der Waals surface area contributed by atoms with Gasteiger partial charge in [-0.25, -0.2) is 4.39 Å². The minimum absolute atomic E-state index is 0.251. The molecule has 0 aliphatic carbocycles. The second kappa shape index (κ2) is 7.55. The quantitative estimate of drug-likeness (QED) is 0.511. The molecule has 2 aromatic rings. The molecule has 0 bridgehead atoms. The number of fused-ring (bicyclic) bond motifs is 5. The second-order valence-corrected chi connectivity index (χ2v) is 9.01. The maximum Gasteiger partial charge on any atom is 0.236 e. The molecule has 3 aliphatic rings. The molecule has 3 heterocycles. The van der Waals surface area contributed by atoms with Gasteiger partial charge in [0.15, 0.2) is 5.78 Å². The van der Waals surface area contributed by atoms with E-state index in [4.69, 9.17) is 11.6 Å². The first-order valence-corrected chi connectivity index (χ1v) is 11.1. The molecule has 32 heavy (non-hydrogen) atoms. The van der Waals surface area contributed by atoms with Gasteiger partial charge in [-0.3, -0.25) is 19.3 Å². The molecule has 2 amide bonds. The number of benzene rings is 2. The Bertz CT molecular complexity index is 1180. The zero-order chi connectivity index (χ0) is 22.7. The zero-order valence-electron chi connectivity index (χ0n) is 17.7. The molecule has 0 aromatic heterocycles.